The molecule has 0 atom stereocenters. The molecule has 0 radical (unpaired) electrons. The van der Waals surface area contributed by atoms with E-state index in [1.54, 1.807) is 0 Å². The van der Waals surface area contributed by atoms with E-state index in [1.165, 1.54) is 6.92 Å². The Labute approximate surface area is 30.3 Å². The summed E-state index contributed by atoms with van der Waals surface area (Å²) in [6.07, 6.45) is 1.03. The molecule has 0 amide bonds. The maximum atomic E-state index is 9.63. The van der Waals surface area contributed by atoms with Crippen molar-refractivity contribution in [2.24, 2.45) is 0 Å². The third-order valence-corrected chi connectivity index (χ3v) is 0.235. The third kappa shape index (κ3) is 3.34. The van der Waals surface area contributed by atoms with Crippen LogP contribution in [-0.4, -0.2) is 12.0 Å². The fraction of sp³-hybridized carbons (Fsp3) is 0.333. The Hall–Kier alpha value is -0.660. The van der Waals surface area contributed by atoms with E-state index < -0.39 is 0 Å². The lowest BCUT2D eigenvalue weighted by molar-refractivity contribution is -0.128. The molecule has 0 aliphatic carbocycles. The Morgan fingerprint density at radius 3 is 2.20 bits per heavy atom. The van der Waals surface area contributed by atoms with Gasteiger partial charge in [-0.15, -0.1) is 0 Å². The molecule has 0 aromatic carbocycles. The molecule has 0 rings (SSSR count). The van der Waals surface area contributed by atoms with E-state index in [-0.39, 0.29) is 5.78 Å². The molecule has 0 aromatic heterocycles. The van der Waals surface area contributed by atoms with Gasteiger partial charge in [-0.2, -0.15) is 0 Å². The Bertz CT molecular complexity index is 57.9. The van der Waals surface area contributed by atoms with Gasteiger partial charge in [0, 0.05) is 6.92 Å². The predicted molar refractivity (Wildman–Crippen MR) is 18.7 cm³/mol. The van der Waals surface area contributed by atoms with Crippen molar-refractivity contribution in [3.05, 3.63) is 0 Å². The number of carbonyl (C=O) groups is 1. The van der Waals surface area contributed by atoms with Crippen LogP contribution in [0.5, 0.6) is 0 Å². The van der Waals surface area contributed by atoms with E-state index in [0.29, 0.717) is 0 Å². The molecule has 0 aromatic rings. The van der Waals surface area contributed by atoms with Gasteiger partial charge in [-0.3, -0.25) is 10.2 Å². The molecule has 28 valence electrons. The number of rotatable bonds is 1. The van der Waals surface area contributed by atoms with Gasteiger partial charge in [-0.05, 0) is 0 Å². The summed E-state index contributed by atoms with van der Waals surface area (Å²) in [6, 6.07) is 0. The molecule has 5 heavy (non-hydrogen) atoms. The molecule has 2 heteroatoms. The van der Waals surface area contributed by atoms with Crippen LogP contribution in [0.15, 0.2) is 0 Å². The van der Waals surface area contributed by atoms with Gasteiger partial charge in [0.2, 0.25) is 12.0 Å². The van der Waals surface area contributed by atoms with E-state index in [4.69, 9.17) is 5.41 Å². The molecule has 0 heterocycles. The molecule has 0 aliphatic rings. The molecule has 0 spiro atoms. The Morgan fingerprint density at radius 1 is 2.00 bits per heavy atom. The Morgan fingerprint density at radius 2 is 2.20 bits per heavy atom. The topological polar surface area (TPSA) is 42.7 Å². The fourth-order valence-electron chi connectivity index (χ4n) is 0. The monoisotopic (exact) mass is 72.0 g/mol. The van der Waals surface area contributed by atoms with Gasteiger partial charge in [-0.25, -0.2) is 0 Å². The molecule has 0 aliphatic heterocycles. The van der Waals surface area contributed by atoms with Crippen molar-refractivity contribution >= 4 is 12.0 Å². The lowest BCUT2D eigenvalue weighted by Gasteiger charge is -1.55. The average Bonchev–Trinajstić information content (AvgIpc) is 1.38. The summed E-state index contributed by atoms with van der Waals surface area (Å²) < 4.78 is 0. The number of hydrogen-bond donors (Lipinski definition) is 1. The van der Waals surface area contributed by atoms with E-state index in [0.717, 1.165) is 6.21 Å². The molecule has 0 bridgehead atoms. The molecular weight excluding hydrogens is 66.0 g/mol. The lowest BCUT2D eigenvalue weighted by atomic mass is 10.5. The second-order valence-corrected chi connectivity index (χ2v) is 0.777. The standard InChI is InChI=1S/C3H5NO/c1-3(5)2-4/h2,4H,1H3/p+1. The summed E-state index contributed by atoms with van der Waals surface area (Å²) in [4.78, 5) is 9.63. The van der Waals surface area contributed by atoms with Crippen LogP contribution in [0.3, 0.4) is 0 Å². The molecule has 2 nitrogen and oxygen atoms in total. The molecule has 0 saturated carbocycles. The first kappa shape index (κ1) is 4.34. The summed E-state index contributed by atoms with van der Waals surface area (Å²) in [5.74, 6) is -0.0926. The quantitative estimate of drug-likeness (QED) is 0.373. The van der Waals surface area contributed by atoms with Crippen molar-refractivity contribution in [3.63, 3.8) is 0 Å². The first-order valence-electron chi connectivity index (χ1n) is 1.33. The summed E-state index contributed by atoms with van der Waals surface area (Å²) >= 11 is 0. The largest absolute Gasteiger partial charge is 0.289 e. The van der Waals surface area contributed by atoms with E-state index >= 15 is 0 Å². The van der Waals surface area contributed by atoms with Gasteiger partial charge in [0.15, 0.2) is 0 Å². The van der Waals surface area contributed by atoms with Gasteiger partial charge < -0.3 is 0 Å². The Kier molecular flexibility index (Phi) is 1.42. The van der Waals surface area contributed by atoms with Crippen molar-refractivity contribution in [2.75, 3.05) is 0 Å². The van der Waals surface area contributed by atoms with Crippen LogP contribution in [-0.2, 0) is 4.79 Å². The van der Waals surface area contributed by atoms with Gasteiger partial charge in [0.1, 0.15) is 0 Å². The van der Waals surface area contributed by atoms with Gasteiger partial charge in [0.05, 0.1) is 0 Å². The number of nitrogens with two attached hydrogens (primary N) is 1. The SMILES string of the molecule is CC(=O)C=[NH2+]. The highest BCUT2D eigenvalue weighted by Gasteiger charge is 1.78. The summed E-state index contributed by atoms with van der Waals surface area (Å²) in [5, 5.41) is 4.70. The van der Waals surface area contributed by atoms with Crippen LogP contribution in [0.25, 0.3) is 0 Å². The van der Waals surface area contributed by atoms with E-state index in [2.05, 4.69) is 0 Å². The van der Waals surface area contributed by atoms with Crippen molar-refractivity contribution in [1.82, 2.24) is 0 Å². The first-order valence-corrected chi connectivity index (χ1v) is 1.33. The first-order chi connectivity index (χ1) is 2.27. The van der Waals surface area contributed by atoms with Crippen molar-refractivity contribution in [1.29, 1.82) is 0 Å². The highest BCUT2D eigenvalue weighted by Crippen LogP contribution is 1.44. The zero-order valence-electron chi connectivity index (χ0n) is 3.06. The minimum atomic E-state index is -0.0926. The number of Topliss-reactive ketones (excluding diaryl/α,β-unsaturated/α-hetero) is 1. The van der Waals surface area contributed by atoms with Gasteiger partial charge in [-0.1, -0.05) is 0 Å². The summed E-state index contributed by atoms with van der Waals surface area (Å²) in [7, 11) is 0. The van der Waals surface area contributed by atoms with Crippen LogP contribution in [0.1, 0.15) is 6.92 Å². The zero-order chi connectivity index (χ0) is 4.28. The molecule has 0 fully saturated rings. The second-order valence-electron chi connectivity index (χ2n) is 0.777. The molecule has 0 unspecified atom stereocenters. The van der Waals surface area contributed by atoms with Crippen LogP contribution in [0.4, 0.5) is 0 Å². The second kappa shape index (κ2) is 1.64. The third-order valence-electron chi connectivity index (χ3n) is 0.235. The smallest absolute Gasteiger partial charge is 0.215 e. The van der Waals surface area contributed by atoms with Crippen molar-refractivity contribution < 1.29 is 10.2 Å². The fourth-order valence-corrected chi connectivity index (χ4v) is 0. The maximum absolute atomic E-state index is 9.63. The molecular formula is C3H6NO+. The van der Waals surface area contributed by atoms with Crippen molar-refractivity contribution in [3.8, 4) is 0 Å². The summed E-state index contributed by atoms with van der Waals surface area (Å²) in [6.45, 7) is 1.40. The highest BCUT2D eigenvalue weighted by atomic mass is 16.1. The average molecular weight is 72.1 g/mol. The van der Waals surface area contributed by atoms with Crippen LogP contribution in [0, 0.1) is 0 Å². The minimum Gasteiger partial charge on any atom is -0.289 e. The lowest BCUT2D eigenvalue weighted by Crippen LogP contribution is -2.32. The number of carbonyl (C=O) groups excluding carboxylic acids is 1. The van der Waals surface area contributed by atoms with E-state index in [9.17, 15) is 4.79 Å². The normalized spacial score (nSPS) is 6.60. The molecule has 0 saturated heterocycles. The van der Waals surface area contributed by atoms with Crippen LogP contribution >= 0.6 is 0 Å². The highest BCUT2D eigenvalue weighted by molar-refractivity contribution is 6.23. The molecule has 2 N–H and O–H groups in total. The van der Waals surface area contributed by atoms with Crippen LogP contribution in [0.2, 0.25) is 0 Å². The van der Waals surface area contributed by atoms with Gasteiger partial charge in [0.25, 0.3) is 0 Å². The van der Waals surface area contributed by atoms with Crippen LogP contribution < -0.4 is 5.41 Å². The van der Waals surface area contributed by atoms with Crippen molar-refractivity contribution in [2.45, 2.75) is 6.92 Å². The Balaban J connectivity index is 3.20. The number of ketones is 1. The minimum absolute atomic E-state index is 0.0926. The zero-order valence-corrected chi connectivity index (χ0v) is 3.06. The van der Waals surface area contributed by atoms with Gasteiger partial charge >= 0.3 is 0 Å². The summed E-state index contributed by atoms with van der Waals surface area (Å²) in [5.41, 5.74) is 0. The number of hydrogen-bond acceptors (Lipinski definition) is 1. The van der Waals surface area contributed by atoms with E-state index in [1.807, 2.05) is 0 Å². The predicted octanol–water partition coefficient (Wildman–Crippen LogP) is -1.59. The maximum Gasteiger partial charge on any atom is 0.215 e.